The van der Waals surface area contributed by atoms with Gasteiger partial charge in [-0.15, -0.1) is 11.3 Å². The van der Waals surface area contributed by atoms with Crippen molar-refractivity contribution in [1.29, 1.82) is 0 Å². The Bertz CT molecular complexity index is 453. The number of hydrogen-bond donors (Lipinski definition) is 0. The van der Waals surface area contributed by atoms with Gasteiger partial charge in [0.15, 0.2) is 0 Å². The zero-order valence-electron chi connectivity index (χ0n) is 7.99. The van der Waals surface area contributed by atoms with Gasteiger partial charge in [0.25, 0.3) is 0 Å². The Kier molecular flexibility index (Phi) is 1.74. The van der Waals surface area contributed by atoms with Crippen molar-refractivity contribution in [2.45, 2.75) is 25.7 Å². The zero-order valence-corrected chi connectivity index (χ0v) is 8.80. The van der Waals surface area contributed by atoms with Crippen molar-refractivity contribution in [3.63, 3.8) is 0 Å². The summed E-state index contributed by atoms with van der Waals surface area (Å²) in [6.07, 6.45) is 4.35. The molecule has 0 N–H and O–H groups in total. The van der Waals surface area contributed by atoms with Crippen LogP contribution in [-0.2, 0) is 0 Å². The SMILES string of the molecule is Cc1occc1-c1nc(C2CC2)cs1. The van der Waals surface area contributed by atoms with E-state index in [-0.39, 0.29) is 0 Å². The first-order valence-electron chi connectivity index (χ1n) is 4.84. The fourth-order valence-corrected chi connectivity index (χ4v) is 2.56. The molecule has 2 aromatic heterocycles. The second-order valence-electron chi connectivity index (χ2n) is 3.74. The predicted octanol–water partition coefficient (Wildman–Crippen LogP) is 3.59. The molecule has 0 aromatic carbocycles. The molecule has 0 unspecified atom stereocenters. The van der Waals surface area contributed by atoms with Crippen LogP contribution in [0.2, 0.25) is 0 Å². The number of aryl methyl sites for hydroxylation is 1. The van der Waals surface area contributed by atoms with Crippen LogP contribution in [0.4, 0.5) is 0 Å². The van der Waals surface area contributed by atoms with Crippen molar-refractivity contribution in [2.24, 2.45) is 0 Å². The van der Waals surface area contributed by atoms with Crippen molar-refractivity contribution in [1.82, 2.24) is 4.98 Å². The van der Waals surface area contributed by atoms with Crippen LogP contribution in [0.5, 0.6) is 0 Å². The molecule has 1 aliphatic carbocycles. The molecule has 0 radical (unpaired) electrons. The van der Waals surface area contributed by atoms with Gasteiger partial charge in [0, 0.05) is 11.3 Å². The van der Waals surface area contributed by atoms with E-state index >= 15 is 0 Å². The van der Waals surface area contributed by atoms with Crippen LogP contribution in [-0.4, -0.2) is 4.98 Å². The van der Waals surface area contributed by atoms with E-state index in [0.29, 0.717) is 0 Å². The highest BCUT2D eigenvalue weighted by Gasteiger charge is 2.26. The summed E-state index contributed by atoms with van der Waals surface area (Å²) >= 11 is 1.72. The molecule has 2 heterocycles. The van der Waals surface area contributed by atoms with E-state index in [4.69, 9.17) is 4.42 Å². The molecule has 3 heteroatoms. The summed E-state index contributed by atoms with van der Waals surface area (Å²) in [4.78, 5) is 4.63. The summed E-state index contributed by atoms with van der Waals surface area (Å²) in [6.45, 7) is 1.98. The van der Waals surface area contributed by atoms with E-state index in [1.54, 1.807) is 17.6 Å². The van der Waals surface area contributed by atoms with Crippen LogP contribution >= 0.6 is 11.3 Å². The van der Waals surface area contributed by atoms with Crippen LogP contribution in [0.3, 0.4) is 0 Å². The molecular weight excluding hydrogens is 194 g/mol. The number of rotatable bonds is 2. The highest BCUT2D eigenvalue weighted by atomic mass is 32.1. The molecule has 1 aliphatic rings. The third-order valence-electron chi connectivity index (χ3n) is 2.61. The summed E-state index contributed by atoms with van der Waals surface area (Å²) in [5, 5.41) is 3.28. The van der Waals surface area contributed by atoms with Gasteiger partial charge >= 0.3 is 0 Å². The van der Waals surface area contributed by atoms with Crippen LogP contribution in [0.25, 0.3) is 10.6 Å². The monoisotopic (exact) mass is 205 g/mol. The minimum absolute atomic E-state index is 0.743. The number of thiazole rings is 1. The highest BCUT2D eigenvalue weighted by molar-refractivity contribution is 7.13. The van der Waals surface area contributed by atoms with Gasteiger partial charge in [-0.2, -0.15) is 0 Å². The lowest BCUT2D eigenvalue weighted by molar-refractivity contribution is 0.535. The van der Waals surface area contributed by atoms with Gasteiger partial charge in [-0.1, -0.05) is 0 Å². The number of aromatic nitrogens is 1. The average molecular weight is 205 g/mol. The summed E-state index contributed by atoms with van der Waals surface area (Å²) in [7, 11) is 0. The first-order chi connectivity index (χ1) is 6.84. The lowest BCUT2D eigenvalue weighted by atomic mass is 10.3. The minimum atomic E-state index is 0.743. The Morgan fingerprint density at radius 2 is 2.36 bits per heavy atom. The fraction of sp³-hybridized carbons (Fsp3) is 0.364. The zero-order chi connectivity index (χ0) is 9.54. The average Bonchev–Trinajstić information content (AvgIpc) is 2.75. The smallest absolute Gasteiger partial charge is 0.127 e. The second-order valence-corrected chi connectivity index (χ2v) is 4.60. The van der Waals surface area contributed by atoms with Gasteiger partial charge in [0.05, 0.1) is 17.5 Å². The number of nitrogens with zero attached hydrogens (tertiary/aromatic N) is 1. The van der Waals surface area contributed by atoms with Gasteiger partial charge in [-0.25, -0.2) is 4.98 Å². The maximum atomic E-state index is 5.27. The van der Waals surface area contributed by atoms with Crippen LogP contribution in [0.15, 0.2) is 22.1 Å². The summed E-state index contributed by atoms with van der Waals surface area (Å²) < 4.78 is 5.27. The molecule has 2 nitrogen and oxygen atoms in total. The Morgan fingerprint density at radius 3 is 3.00 bits per heavy atom. The number of furan rings is 1. The van der Waals surface area contributed by atoms with E-state index in [1.807, 2.05) is 13.0 Å². The van der Waals surface area contributed by atoms with E-state index < -0.39 is 0 Å². The molecule has 0 aliphatic heterocycles. The van der Waals surface area contributed by atoms with E-state index in [9.17, 15) is 0 Å². The van der Waals surface area contributed by atoms with Crippen molar-refractivity contribution >= 4 is 11.3 Å². The highest BCUT2D eigenvalue weighted by Crippen LogP contribution is 2.41. The van der Waals surface area contributed by atoms with Crippen molar-refractivity contribution in [2.75, 3.05) is 0 Å². The molecule has 0 amide bonds. The molecule has 3 rings (SSSR count). The van der Waals surface area contributed by atoms with Crippen LogP contribution < -0.4 is 0 Å². The number of hydrogen-bond acceptors (Lipinski definition) is 3. The molecule has 14 heavy (non-hydrogen) atoms. The van der Waals surface area contributed by atoms with Gasteiger partial charge in [0.1, 0.15) is 10.8 Å². The van der Waals surface area contributed by atoms with Crippen molar-refractivity contribution in [3.05, 3.63) is 29.2 Å². The molecular formula is C11H11NOS. The molecule has 2 aromatic rings. The van der Waals surface area contributed by atoms with Gasteiger partial charge in [-0.3, -0.25) is 0 Å². The van der Waals surface area contributed by atoms with Crippen LogP contribution in [0.1, 0.15) is 30.2 Å². The van der Waals surface area contributed by atoms with Crippen molar-refractivity contribution < 1.29 is 4.42 Å². The second kappa shape index (κ2) is 2.95. The summed E-state index contributed by atoms with van der Waals surface area (Å²) in [5.74, 6) is 1.70. The van der Waals surface area contributed by atoms with E-state index in [1.165, 1.54) is 18.5 Å². The van der Waals surface area contributed by atoms with E-state index in [2.05, 4.69) is 10.4 Å². The molecule has 0 atom stereocenters. The fourth-order valence-electron chi connectivity index (χ4n) is 1.58. The third kappa shape index (κ3) is 1.28. The first-order valence-corrected chi connectivity index (χ1v) is 5.72. The molecule has 0 spiro atoms. The largest absolute Gasteiger partial charge is 0.469 e. The minimum Gasteiger partial charge on any atom is -0.469 e. The summed E-state index contributed by atoms with van der Waals surface area (Å²) in [5.41, 5.74) is 2.41. The normalized spacial score (nSPS) is 16.1. The Morgan fingerprint density at radius 1 is 1.50 bits per heavy atom. The Labute approximate surface area is 86.6 Å². The summed E-state index contributed by atoms with van der Waals surface area (Å²) in [6, 6.07) is 1.99. The molecule has 1 fully saturated rings. The van der Waals surface area contributed by atoms with E-state index in [0.717, 1.165) is 22.2 Å². The van der Waals surface area contributed by atoms with Gasteiger partial charge in [-0.05, 0) is 25.8 Å². The quantitative estimate of drug-likeness (QED) is 0.748. The topological polar surface area (TPSA) is 26.0 Å². The maximum Gasteiger partial charge on any atom is 0.127 e. The molecule has 1 saturated carbocycles. The molecule has 0 bridgehead atoms. The van der Waals surface area contributed by atoms with Gasteiger partial charge < -0.3 is 4.42 Å². The Balaban J connectivity index is 1.99. The first kappa shape index (κ1) is 8.24. The van der Waals surface area contributed by atoms with Gasteiger partial charge in [0.2, 0.25) is 0 Å². The third-order valence-corrected chi connectivity index (χ3v) is 3.50. The maximum absolute atomic E-state index is 5.27. The predicted molar refractivity (Wildman–Crippen MR) is 56.5 cm³/mol. The Hall–Kier alpha value is -1.09. The lowest BCUT2D eigenvalue weighted by Gasteiger charge is -1.91. The van der Waals surface area contributed by atoms with Crippen molar-refractivity contribution in [3.8, 4) is 10.6 Å². The standard InChI is InChI=1S/C11H11NOS/c1-7-9(4-5-13-7)11-12-10(6-14-11)8-2-3-8/h4-6,8H,2-3H2,1H3. The van der Waals surface area contributed by atoms with Crippen LogP contribution in [0, 0.1) is 6.92 Å². The molecule has 72 valence electrons. The molecule has 0 saturated heterocycles. The lowest BCUT2D eigenvalue weighted by Crippen LogP contribution is -1.79.